The van der Waals surface area contributed by atoms with Gasteiger partial charge in [0.25, 0.3) is 5.91 Å². The normalized spacial score (nSPS) is 11.0. The van der Waals surface area contributed by atoms with E-state index >= 15 is 0 Å². The molecule has 2 heterocycles. The molecule has 0 spiro atoms. The van der Waals surface area contributed by atoms with Crippen LogP contribution in [0.3, 0.4) is 0 Å². The first-order chi connectivity index (χ1) is 14.3. The predicted molar refractivity (Wildman–Crippen MR) is 109 cm³/mol. The summed E-state index contributed by atoms with van der Waals surface area (Å²) in [7, 11) is 0. The molecule has 1 amide bonds. The first kappa shape index (κ1) is 21.8. The number of anilines is 1. The molecule has 0 aliphatic carbocycles. The second kappa shape index (κ2) is 9.29. The van der Waals surface area contributed by atoms with Crippen LogP contribution >= 0.6 is 15.9 Å². The van der Waals surface area contributed by atoms with Crippen LogP contribution in [0.5, 0.6) is 11.5 Å². The van der Waals surface area contributed by atoms with Gasteiger partial charge in [0.15, 0.2) is 17.3 Å². The van der Waals surface area contributed by atoms with Crippen molar-refractivity contribution in [2.24, 2.45) is 0 Å². The average molecular weight is 484 g/mol. The maximum Gasteiger partial charge on any atom is 0.387 e. The number of furan rings is 1. The number of hydrogen-bond donors (Lipinski definition) is 1. The van der Waals surface area contributed by atoms with Gasteiger partial charge >= 0.3 is 6.61 Å². The molecule has 10 heteroatoms. The van der Waals surface area contributed by atoms with Crippen molar-refractivity contribution < 1.29 is 27.5 Å². The fraction of sp³-hybridized carbons (Fsp3) is 0.300. The Balaban J connectivity index is 1.72. The van der Waals surface area contributed by atoms with Gasteiger partial charge in [-0.2, -0.15) is 13.9 Å². The second-order valence-corrected chi connectivity index (χ2v) is 7.13. The Bertz CT molecular complexity index is 1050. The minimum atomic E-state index is -2.98. The van der Waals surface area contributed by atoms with E-state index in [-0.39, 0.29) is 23.9 Å². The molecule has 160 valence electrons. The summed E-state index contributed by atoms with van der Waals surface area (Å²) in [5, 5.41) is 7.07. The lowest BCUT2D eigenvalue weighted by Gasteiger charge is -2.13. The summed E-state index contributed by atoms with van der Waals surface area (Å²) < 4.78 is 43.1. The van der Waals surface area contributed by atoms with Crippen LogP contribution in [0, 0.1) is 13.8 Å². The zero-order valence-corrected chi connectivity index (χ0v) is 18.1. The van der Waals surface area contributed by atoms with Crippen LogP contribution < -0.4 is 14.8 Å². The number of amides is 1. The van der Waals surface area contributed by atoms with E-state index < -0.39 is 12.5 Å². The lowest BCUT2D eigenvalue weighted by molar-refractivity contribution is -0.0514. The van der Waals surface area contributed by atoms with E-state index in [0.29, 0.717) is 18.0 Å². The minimum Gasteiger partial charge on any atom is -0.490 e. The lowest BCUT2D eigenvalue weighted by Crippen LogP contribution is -2.11. The first-order valence-corrected chi connectivity index (χ1v) is 9.89. The number of aryl methyl sites for hydroxylation is 1. The summed E-state index contributed by atoms with van der Waals surface area (Å²) in [5.74, 6) is 0.179. The highest BCUT2D eigenvalue weighted by Crippen LogP contribution is 2.32. The zero-order chi connectivity index (χ0) is 21.8. The van der Waals surface area contributed by atoms with Crippen molar-refractivity contribution in [1.82, 2.24) is 9.78 Å². The van der Waals surface area contributed by atoms with E-state index in [0.717, 1.165) is 15.9 Å². The number of ether oxygens (including phenoxy) is 2. The SMILES string of the molecule is CCOc1cc(NC(=O)c2ccc(Cn3nc(C)c(Br)c3C)o2)ccc1OC(F)F. The number of halogens is 3. The monoisotopic (exact) mass is 483 g/mol. The van der Waals surface area contributed by atoms with E-state index in [4.69, 9.17) is 9.15 Å². The molecule has 0 atom stereocenters. The highest BCUT2D eigenvalue weighted by atomic mass is 79.9. The van der Waals surface area contributed by atoms with E-state index in [1.807, 2.05) is 13.8 Å². The third kappa shape index (κ3) is 4.99. The minimum absolute atomic E-state index is 0.103. The molecular formula is C20H20BrF2N3O4. The molecule has 3 rings (SSSR count). The zero-order valence-electron chi connectivity index (χ0n) is 16.5. The third-order valence-electron chi connectivity index (χ3n) is 4.20. The van der Waals surface area contributed by atoms with Gasteiger partial charge in [0.2, 0.25) is 0 Å². The average Bonchev–Trinajstić information content (AvgIpc) is 3.25. The van der Waals surface area contributed by atoms with Gasteiger partial charge in [-0.05, 0) is 61.0 Å². The van der Waals surface area contributed by atoms with E-state index in [9.17, 15) is 13.6 Å². The van der Waals surface area contributed by atoms with Crippen molar-refractivity contribution in [3.05, 3.63) is 57.7 Å². The molecule has 0 unspecified atom stereocenters. The summed E-state index contributed by atoms with van der Waals surface area (Å²) >= 11 is 3.47. The quantitative estimate of drug-likeness (QED) is 0.478. The molecule has 3 aromatic rings. The van der Waals surface area contributed by atoms with Crippen LogP contribution in [-0.2, 0) is 6.54 Å². The molecule has 2 aromatic heterocycles. The van der Waals surface area contributed by atoms with Crippen molar-refractivity contribution in [3.63, 3.8) is 0 Å². The fourth-order valence-corrected chi connectivity index (χ4v) is 3.09. The number of nitrogens with one attached hydrogen (secondary N) is 1. The van der Waals surface area contributed by atoms with Crippen LogP contribution in [-0.4, -0.2) is 28.9 Å². The topological polar surface area (TPSA) is 78.5 Å². The molecule has 30 heavy (non-hydrogen) atoms. The molecule has 0 aliphatic rings. The first-order valence-electron chi connectivity index (χ1n) is 9.09. The molecule has 0 saturated heterocycles. The maximum absolute atomic E-state index is 12.5. The standard InChI is InChI=1S/C20H20BrF2N3O4/c1-4-28-17-9-13(5-7-15(17)30-20(22)23)24-19(27)16-8-6-14(29-16)10-26-12(3)18(21)11(2)25-26/h5-9,20H,4,10H2,1-3H3,(H,24,27). The number of aromatic nitrogens is 2. The summed E-state index contributed by atoms with van der Waals surface area (Å²) in [4.78, 5) is 12.5. The smallest absolute Gasteiger partial charge is 0.387 e. The Hall–Kier alpha value is -2.88. The number of carbonyl (C=O) groups is 1. The Morgan fingerprint density at radius 1 is 1.27 bits per heavy atom. The number of hydrogen-bond acceptors (Lipinski definition) is 5. The fourth-order valence-electron chi connectivity index (χ4n) is 2.80. The second-order valence-electron chi connectivity index (χ2n) is 6.34. The Labute approximate surface area is 180 Å². The summed E-state index contributed by atoms with van der Waals surface area (Å²) in [6, 6.07) is 7.42. The van der Waals surface area contributed by atoms with Gasteiger partial charge in [-0.3, -0.25) is 9.48 Å². The number of nitrogens with zero attached hydrogens (tertiary/aromatic N) is 2. The molecule has 7 nitrogen and oxygen atoms in total. The van der Waals surface area contributed by atoms with Gasteiger partial charge in [0.1, 0.15) is 5.76 Å². The number of benzene rings is 1. The molecule has 0 saturated carbocycles. The lowest BCUT2D eigenvalue weighted by atomic mass is 10.2. The maximum atomic E-state index is 12.5. The van der Waals surface area contributed by atoms with Gasteiger partial charge in [-0.1, -0.05) is 0 Å². The van der Waals surface area contributed by atoms with Gasteiger partial charge in [0, 0.05) is 11.8 Å². The van der Waals surface area contributed by atoms with Crippen molar-refractivity contribution in [1.29, 1.82) is 0 Å². The predicted octanol–water partition coefficient (Wildman–Crippen LogP) is 5.16. The van der Waals surface area contributed by atoms with Gasteiger partial charge in [-0.15, -0.1) is 0 Å². The number of carbonyl (C=O) groups excluding carboxylic acids is 1. The van der Waals surface area contributed by atoms with Crippen LogP contribution in [0.2, 0.25) is 0 Å². The van der Waals surface area contributed by atoms with Gasteiger partial charge in [0.05, 0.1) is 29.0 Å². The van der Waals surface area contributed by atoms with Crippen LogP contribution in [0.25, 0.3) is 0 Å². The van der Waals surface area contributed by atoms with Crippen LogP contribution in [0.4, 0.5) is 14.5 Å². The van der Waals surface area contributed by atoms with Crippen molar-refractivity contribution in [3.8, 4) is 11.5 Å². The van der Waals surface area contributed by atoms with E-state index in [1.54, 1.807) is 23.7 Å². The molecule has 0 fully saturated rings. The largest absolute Gasteiger partial charge is 0.490 e. The Kier molecular flexibility index (Phi) is 6.76. The van der Waals surface area contributed by atoms with E-state index in [2.05, 4.69) is 31.1 Å². The highest BCUT2D eigenvalue weighted by Gasteiger charge is 2.16. The molecular weight excluding hydrogens is 464 g/mol. The van der Waals surface area contributed by atoms with Crippen LogP contribution in [0.1, 0.15) is 34.6 Å². The number of alkyl halides is 2. The van der Waals surface area contributed by atoms with Crippen LogP contribution in [0.15, 0.2) is 39.2 Å². The molecule has 0 aliphatic heterocycles. The number of rotatable bonds is 8. The third-order valence-corrected chi connectivity index (χ3v) is 5.35. The van der Waals surface area contributed by atoms with Gasteiger partial charge < -0.3 is 19.2 Å². The van der Waals surface area contributed by atoms with Crippen molar-refractivity contribution in [2.75, 3.05) is 11.9 Å². The van der Waals surface area contributed by atoms with E-state index in [1.165, 1.54) is 18.2 Å². The van der Waals surface area contributed by atoms with Gasteiger partial charge in [-0.25, -0.2) is 0 Å². The summed E-state index contributed by atoms with van der Waals surface area (Å²) in [6.07, 6.45) is 0. The Morgan fingerprint density at radius 3 is 2.67 bits per heavy atom. The Morgan fingerprint density at radius 2 is 2.03 bits per heavy atom. The van der Waals surface area contributed by atoms with Crippen molar-refractivity contribution >= 4 is 27.5 Å². The van der Waals surface area contributed by atoms with Crippen molar-refractivity contribution in [2.45, 2.75) is 33.9 Å². The summed E-state index contributed by atoms with van der Waals surface area (Å²) in [5.41, 5.74) is 2.16. The molecule has 1 aromatic carbocycles. The summed E-state index contributed by atoms with van der Waals surface area (Å²) in [6.45, 7) is 3.18. The molecule has 0 radical (unpaired) electrons. The molecule has 0 bridgehead atoms. The highest BCUT2D eigenvalue weighted by molar-refractivity contribution is 9.10. The molecule has 1 N–H and O–H groups in total.